The lowest BCUT2D eigenvalue weighted by molar-refractivity contribution is -0.121. The van der Waals surface area contributed by atoms with E-state index in [1.54, 1.807) is 25.3 Å². The lowest BCUT2D eigenvalue weighted by Crippen LogP contribution is -2.32. The Bertz CT molecular complexity index is 1010. The minimum Gasteiger partial charge on any atom is -0.493 e. The summed E-state index contributed by atoms with van der Waals surface area (Å²) in [5, 5.41) is 2.94. The van der Waals surface area contributed by atoms with Crippen molar-refractivity contribution in [2.75, 3.05) is 20.3 Å². The van der Waals surface area contributed by atoms with E-state index in [0.29, 0.717) is 35.7 Å². The van der Waals surface area contributed by atoms with Crippen LogP contribution in [0.15, 0.2) is 40.9 Å². The third-order valence-corrected chi connectivity index (χ3v) is 5.58. The van der Waals surface area contributed by atoms with Crippen LogP contribution in [0.2, 0.25) is 0 Å². The predicted molar refractivity (Wildman–Crippen MR) is 119 cm³/mol. The van der Waals surface area contributed by atoms with Crippen LogP contribution >= 0.6 is 15.9 Å². The molecule has 3 rings (SSSR count). The molecule has 0 aliphatic carbocycles. The van der Waals surface area contributed by atoms with Gasteiger partial charge in [0.25, 0.3) is 11.8 Å². The van der Waals surface area contributed by atoms with Gasteiger partial charge in [0.1, 0.15) is 0 Å². The molecule has 0 saturated carbocycles. The Kier molecular flexibility index (Phi) is 7.33. The van der Waals surface area contributed by atoms with Crippen LogP contribution in [0.5, 0.6) is 11.5 Å². The van der Waals surface area contributed by atoms with Crippen molar-refractivity contribution in [2.24, 2.45) is 0 Å². The number of amides is 3. The van der Waals surface area contributed by atoms with E-state index in [-0.39, 0.29) is 36.7 Å². The molecule has 31 heavy (non-hydrogen) atoms. The van der Waals surface area contributed by atoms with E-state index in [2.05, 4.69) is 21.2 Å². The van der Waals surface area contributed by atoms with Crippen LogP contribution in [0.4, 0.5) is 0 Å². The van der Waals surface area contributed by atoms with Gasteiger partial charge in [0.05, 0.1) is 30.9 Å². The Morgan fingerprint density at radius 3 is 2.55 bits per heavy atom. The summed E-state index contributed by atoms with van der Waals surface area (Å²) >= 11 is 3.32. The van der Waals surface area contributed by atoms with E-state index in [4.69, 9.17) is 9.47 Å². The van der Waals surface area contributed by atoms with Crippen molar-refractivity contribution < 1.29 is 23.9 Å². The average Bonchev–Trinajstić information content (AvgIpc) is 2.98. The maximum Gasteiger partial charge on any atom is 0.261 e. The largest absolute Gasteiger partial charge is 0.493 e. The molecule has 0 fully saturated rings. The minimum absolute atomic E-state index is 0.153. The van der Waals surface area contributed by atoms with E-state index in [0.717, 1.165) is 10.0 Å². The second-order valence-corrected chi connectivity index (χ2v) is 8.10. The molecule has 0 aromatic heterocycles. The lowest BCUT2D eigenvalue weighted by atomic mass is 10.1. The summed E-state index contributed by atoms with van der Waals surface area (Å²) in [6, 6.07) is 10.3. The van der Waals surface area contributed by atoms with E-state index >= 15 is 0 Å². The summed E-state index contributed by atoms with van der Waals surface area (Å²) in [6.45, 7) is 4.52. The summed E-state index contributed by atoms with van der Waals surface area (Å²) in [5.41, 5.74) is 1.68. The summed E-state index contributed by atoms with van der Waals surface area (Å²) < 4.78 is 11.6. The molecule has 2 aromatic rings. The first-order valence-electron chi connectivity index (χ1n) is 10.1. The maximum absolute atomic E-state index is 12.5. The van der Waals surface area contributed by atoms with Crippen LogP contribution in [0.25, 0.3) is 0 Å². The van der Waals surface area contributed by atoms with Crippen LogP contribution in [-0.4, -0.2) is 42.9 Å². The molecule has 1 atom stereocenters. The van der Waals surface area contributed by atoms with Crippen LogP contribution in [0.3, 0.4) is 0 Å². The number of fused-ring (bicyclic) bond motifs is 1. The monoisotopic (exact) mass is 488 g/mol. The highest BCUT2D eigenvalue weighted by molar-refractivity contribution is 9.10. The third-order valence-electron chi connectivity index (χ3n) is 5.08. The Morgan fingerprint density at radius 2 is 1.84 bits per heavy atom. The van der Waals surface area contributed by atoms with Crippen LogP contribution in [0, 0.1) is 0 Å². The standard InChI is InChI=1S/C23H25BrN2O5/c1-4-31-19-10-7-15(12-20(19)30-3)14(2)25-21(27)6-5-11-26-22(28)17-9-8-16(24)13-18(17)23(26)29/h7-10,12-14H,4-6,11H2,1-3H3,(H,25,27). The van der Waals surface area contributed by atoms with Gasteiger partial charge in [0, 0.05) is 17.4 Å². The van der Waals surface area contributed by atoms with Crippen molar-refractivity contribution in [1.82, 2.24) is 10.2 Å². The Balaban J connectivity index is 1.53. The lowest BCUT2D eigenvalue weighted by Gasteiger charge is -2.18. The van der Waals surface area contributed by atoms with E-state index in [9.17, 15) is 14.4 Å². The molecule has 0 spiro atoms. The fourth-order valence-electron chi connectivity index (χ4n) is 3.49. The molecule has 0 bridgehead atoms. The molecule has 164 valence electrons. The number of hydrogen-bond acceptors (Lipinski definition) is 5. The predicted octanol–water partition coefficient (Wildman–Crippen LogP) is 4.11. The fourth-order valence-corrected chi connectivity index (χ4v) is 3.85. The van der Waals surface area contributed by atoms with Gasteiger partial charge in [-0.2, -0.15) is 0 Å². The first-order valence-corrected chi connectivity index (χ1v) is 10.9. The van der Waals surface area contributed by atoms with Gasteiger partial charge in [0.2, 0.25) is 5.91 Å². The third kappa shape index (κ3) is 5.07. The van der Waals surface area contributed by atoms with Crippen LogP contribution < -0.4 is 14.8 Å². The van der Waals surface area contributed by atoms with Gasteiger partial charge in [-0.15, -0.1) is 0 Å². The Morgan fingerprint density at radius 1 is 1.10 bits per heavy atom. The smallest absolute Gasteiger partial charge is 0.261 e. The van der Waals surface area contributed by atoms with E-state index in [1.165, 1.54) is 4.90 Å². The van der Waals surface area contributed by atoms with Crippen molar-refractivity contribution in [3.05, 3.63) is 57.6 Å². The topological polar surface area (TPSA) is 84.9 Å². The Labute approximate surface area is 189 Å². The number of carbonyl (C=O) groups is 3. The molecule has 1 heterocycles. The van der Waals surface area contributed by atoms with Gasteiger partial charge in [0.15, 0.2) is 11.5 Å². The SMILES string of the molecule is CCOc1ccc(C(C)NC(=O)CCCN2C(=O)c3ccc(Br)cc3C2=O)cc1OC. The summed E-state index contributed by atoms with van der Waals surface area (Å²) in [4.78, 5) is 38.5. The number of methoxy groups -OCH3 is 1. The van der Waals surface area contributed by atoms with Gasteiger partial charge in [-0.05, 0) is 56.2 Å². The number of rotatable bonds is 9. The molecular formula is C23H25BrN2O5. The quantitative estimate of drug-likeness (QED) is 0.536. The van der Waals surface area contributed by atoms with E-state index < -0.39 is 0 Å². The molecule has 1 N–H and O–H groups in total. The maximum atomic E-state index is 12.5. The molecular weight excluding hydrogens is 464 g/mol. The fraction of sp³-hybridized carbons (Fsp3) is 0.348. The van der Waals surface area contributed by atoms with Crippen molar-refractivity contribution in [3.63, 3.8) is 0 Å². The number of nitrogens with one attached hydrogen (secondary N) is 1. The molecule has 3 amide bonds. The zero-order valence-electron chi connectivity index (χ0n) is 17.7. The highest BCUT2D eigenvalue weighted by Crippen LogP contribution is 2.30. The number of benzene rings is 2. The van der Waals surface area contributed by atoms with Gasteiger partial charge < -0.3 is 14.8 Å². The molecule has 2 aromatic carbocycles. The number of halogens is 1. The number of hydrogen-bond donors (Lipinski definition) is 1. The number of carbonyl (C=O) groups excluding carboxylic acids is 3. The first kappa shape index (κ1) is 22.8. The summed E-state index contributed by atoms with van der Waals surface area (Å²) in [7, 11) is 1.57. The number of nitrogens with zero attached hydrogens (tertiary/aromatic N) is 1. The zero-order valence-corrected chi connectivity index (χ0v) is 19.3. The van der Waals surface area contributed by atoms with Crippen LogP contribution in [-0.2, 0) is 4.79 Å². The molecule has 1 aliphatic heterocycles. The zero-order chi connectivity index (χ0) is 22.5. The second kappa shape index (κ2) is 9.96. The molecule has 0 saturated heterocycles. The highest BCUT2D eigenvalue weighted by Gasteiger charge is 2.35. The average molecular weight is 489 g/mol. The van der Waals surface area contributed by atoms with Gasteiger partial charge in [-0.3, -0.25) is 19.3 Å². The van der Waals surface area contributed by atoms with Crippen molar-refractivity contribution >= 4 is 33.7 Å². The van der Waals surface area contributed by atoms with E-state index in [1.807, 2.05) is 32.0 Å². The first-order chi connectivity index (χ1) is 14.8. The highest BCUT2D eigenvalue weighted by atomic mass is 79.9. The number of ether oxygens (including phenoxy) is 2. The van der Waals surface area contributed by atoms with Gasteiger partial charge >= 0.3 is 0 Å². The van der Waals surface area contributed by atoms with Crippen molar-refractivity contribution in [2.45, 2.75) is 32.7 Å². The van der Waals surface area contributed by atoms with Crippen molar-refractivity contribution in [1.29, 1.82) is 0 Å². The summed E-state index contributed by atoms with van der Waals surface area (Å²) in [5.74, 6) is 0.469. The number of imide groups is 1. The van der Waals surface area contributed by atoms with Gasteiger partial charge in [-0.1, -0.05) is 22.0 Å². The molecule has 1 aliphatic rings. The van der Waals surface area contributed by atoms with Crippen molar-refractivity contribution in [3.8, 4) is 11.5 Å². The Hall–Kier alpha value is -2.87. The molecule has 1 unspecified atom stereocenters. The minimum atomic E-state index is -0.323. The second-order valence-electron chi connectivity index (χ2n) is 7.19. The summed E-state index contributed by atoms with van der Waals surface area (Å²) in [6.07, 6.45) is 0.591. The molecule has 0 radical (unpaired) electrons. The molecule has 7 nitrogen and oxygen atoms in total. The van der Waals surface area contributed by atoms with Gasteiger partial charge in [-0.25, -0.2) is 0 Å². The molecule has 8 heteroatoms. The normalized spacial score (nSPS) is 13.7. The van der Waals surface area contributed by atoms with Crippen LogP contribution in [0.1, 0.15) is 59.0 Å².